The molecule has 1 heterocycles. The van der Waals surface area contributed by atoms with Crippen molar-refractivity contribution in [1.82, 2.24) is 4.90 Å². The smallest absolute Gasteiger partial charge is 0.326 e. The van der Waals surface area contributed by atoms with Crippen LogP contribution in [0, 0.1) is 5.92 Å². The van der Waals surface area contributed by atoms with Gasteiger partial charge >= 0.3 is 5.97 Å². The molecule has 17 heavy (non-hydrogen) atoms. The zero-order chi connectivity index (χ0) is 12.8. The number of carboxylic acids is 1. The number of carboxylic acid groups (broad SMARTS) is 1. The molecule has 2 atom stereocenters. The van der Waals surface area contributed by atoms with Crippen LogP contribution in [-0.4, -0.2) is 48.2 Å². The Bertz CT molecular complexity index is 280. The van der Waals surface area contributed by atoms with Gasteiger partial charge in [-0.2, -0.15) is 0 Å². The van der Waals surface area contributed by atoms with E-state index in [1.807, 2.05) is 0 Å². The Labute approximate surface area is 102 Å². The van der Waals surface area contributed by atoms with E-state index < -0.39 is 12.0 Å². The number of rotatable bonds is 5. The summed E-state index contributed by atoms with van der Waals surface area (Å²) in [5.74, 6) is -0.592. The fraction of sp³-hybridized carbons (Fsp3) is 0.833. The average molecular weight is 243 g/mol. The van der Waals surface area contributed by atoms with Gasteiger partial charge in [0.1, 0.15) is 6.04 Å². The van der Waals surface area contributed by atoms with Crippen molar-refractivity contribution in [2.75, 3.05) is 20.3 Å². The van der Waals surface area contributed by atoms with Crippen LogP contribution in [0.5, 0.6) is 0 Å². The molecule has 0 aromatic heterocycles. The van der Waals surface area contributed by atoms with Crippen LogP contribution >= 0.6 is 0 Å². The Morgan fingerprint density at radius 2 is 2.18 bits per heavy atom. The maximum absolute atomic E-state index is 11.8. The molecule has 1 rings (SSSR count). The average Bonchev–Trinajstić information content (AvgIpc) is 2.35. The Morgan fingerprint density at radius 3 is 2.71 bits per heavy atom. The maximum atomic E-state index is 11.8. The number of hydrogen-bond acceptors (Lipinski definition) is 3. The normalized spacial score (nSPS) is 24.7. The van der Waals surface area contributed by atoms with Crippen LogP contribution in [0.2, 0.25) is 0 Å². The number of nitrogens with zero attached hydrogens (tertiary/aromatic N) is 1. The van der Waals surface area contributed by atoms with E-state index in [9.17, 15) is 14.7 Å². The first-order chi connectivity index (χ1) is 8.10. The van der Waals surface area contributed by atoms with Crippen LogP contribution in [0.4, 0.5) is 0 Å². The van der Waals surface area contributed by atoms with Crippen LogP contribution in [0.15, 0.2) is 0 Å². The van der Waals surface area contributed by atoms with E-state index in [4.69, 9.17) is 4.74 Å². The first kappa shape index (κ1) is 14.0. The van der Waals surface area contributed by atoms with Crippen LogP contribution in [-0.2, 0) is 14.3 Å². The third kappa shape index (κ3) is 3.70. The third-order valence-corrected chi connectivity index (χ3v) is 3.41. The number of amides is 1. The molecule has 1 aliphatic heterocycles. The molecular formula is C12H21NO4. The Balaban J connectivity index is 2.63. The largest absolute Gasteiger partial charge is 0.480 e. The van der Waals surface area contributed by atoms with E-state index in [0.717, 1.165) is 12.8 Å². The van der Waals surface area contributed by atoms with Gasteiger partial charge in [0.15, 0.2) is 0 Å². The predicted molar refractivity (Wildman–Crippen MR) is 62.6 cm³/mol. The highest BCUT2D eigenvalue weighted by atomic mass is 16.5. The summed E-state index contributed by atoms with van der Waals surface area (Å²) in [5.41, 5.74) is 0. The minimum atomic E-state index is -0.895. The van der Waals surface area contributed by atoms with Crippen LogP contribution < -0.4 is 0 Å². The zero-order valence-electron chi connectivity index (χ0n) is 10.5. The molecule has 2 unspecified atom stereocenters. The first-order valence-electron chi connectivity index (χ1n) is 6.11. The van der Waals surface area contributed by atoms with Crippen molar-refractivity contribution in [3.63, 3.8) is 0 Å². The second-order valence-electron chi connectivity index (χ2n) is 4.48. The zero-order valence-corrected chi connectivity index (χ0v) is 10.5. The lowest BCUT2D eigenvalue weighted by molar-refractivity contribution is -0.153. The van der Waals surface area contributed by atoms with E-state index in [1.54, 1.807) is 0 Å². The predicted octanol–water partition coefficient (Wildman–Crippen LogP) is 1.12. The molecule has 0 aromatic rings. The highest BCUT2D eigenvalue weighted by Crippen LogP contribution is 2.26. The van der Waals surface area contributed by atoms with Gasteiger partial charge in [-0.3, -0.25) is 4.79 Å². The minimum absolute atomic E-state index is 0.117. The van der Waals surface area contributed by atoms with Crippen LogP contribution in [0.3, 0.4) is 0 Å². The number of carbonyl (C=O) groups excluding carboxylic acids is 1. The van der Waals surface area contributed by atoms with Crippen LogP contribution in [0.1, 0.15) is 32.6 Å². The van der Waals surface area contributed by atoms with E-state index >= 15 is 0 Å². The van der Waals surface area contributed by atoms with E-state index in [-0.39, 0.29) is 12.3 Å². The number of methoxy groups -OCH3 is 1. The van der Waals surface area contributed by atoms with Gasteiger partial charge in [0, 0.05) is 13.7 Å². The lowest BCUT2D eigenvalue weighted by atomic mass is 9.88. The lowest BCUT2D eigenvalue weighted by Gasteiger charge is -2.37. The van der Waals surface area contributed by atoms with Gasteiger partial charge in [0.05, 0.1) is 13.0 Å². The molecular weight excluding hydrogens is 222 g/mol. The molecule has 0 radical (unpaired) electrons. The quantitative estimate of drug-likeness (QED) is 0.786. The Kier molecular flexibility index (Phi) is 5.41. The van der Waals surface area contributed by atoms with Gasteiger partial charge in [0.25, 0.3) is 0 Å². The van der Waals surface area contributed by atoms with Crippen molar-refractivity contribution in [2.45, 2.75) is 38.6 Å². The van der Waals surface area contributed by atoms with Gasteiger partial charge in [-0.1, -0.05) is 13.3 Å². The number of ether oxygens (including phenoxy) is 1. The molecule has 0 aromatic carbocycles. The summed E-state index contributed by atoms with van der Waals surface area (Å²) in [6, 6.07) is -0.655. The molecule has 0 aliphatic carbocycles. The van der Waals surface area contributed by atoms with Crippen molar-refractivity contribution in [3.8, 4) is 0 Å². The Morgan fingerprint density at radius 1 is 1.47 bits per heavy atom. The highest BCUT2D eigenvalue weighted by molar-refractivity contribution is 5.83. The number of likely N-dealkylation sites (tertiary alicyclic amines) is 1. The summed E-state index contributed by atoms with van der Waals surface area (Å²) in [6.07, 6.45) is 2.71. The van der Waals surface area contributed by atoms with Gasteiger partial charge in [-0.25, -0.2) is 4.79 Å². The minimum Gasteiger partial charge on any atom is -0.480 e. The summed E-state index contributed by atoms with van der Waals surface area (Å²) in [4.78, 5) is 24.5. The lowest BCUT2D eigenvalue weighted by Crippen LogP contribution is -2.50. The monoisotopic (exact) mass is 243 g/mol. The third-order valence-electron chi connectivity index (χ3n) is 3.41. The molecule has 1 saturated heterocycles. The summed E-state index contributed by atoms with van der Waals surface area (Å²) >= 11 is 0. The number of carbonyl (C=O) groups is 2. The molecule has 5 heteroatoms. The molecule has 1 N–H and O–H groups in total. The number of piperidine rings is 1. The van der Waals surface area contributed by atoms with Gasteiger partial charge in [-0.05, 0) is 18.8 Å². The second kappa shape index (κ2) is 6.59. The van der Waals surface area contributed by atoms with Crippen LogP contribution in [0.25, 0.3) is 0 Å². The number of aliphatic carboxylic acids is 1. The molecule has 0 saturated carbocycles. The second-order valence-corrected chi connectivity index (χ2v) is 4.48. The SMILES string of the molecule is CCC1CCN(C(=O)CCOC)C(C(=O)O)C1. The van der Waals surface area contributed by atoms with Gasteiger partial charge in [0.2, 0.25) is 5.91 Å². The molecule has 1 amide bonds. The molecule has 98 valence electrons. The first-order valence-corrected chi connectivity index (χ1v) is 6.11. The topological polar surface area (TPSA) is 66.8 Å². The maximum Gasteiger partial charge on any atom is 0.326 e. The molecule has 5 nitrogen and oxygen atoms in total. The summed E-state index contributed by atoms with van der Waals surface area (Å²) in [6.45, 7) is 2.96. The number of hydrogen-bond donors (Lipinski definition) is 1. The van der Waals surface area contributed by atoms with Crippen molar-refractivity contribution in [3.05, 3.63) is 0 Å². The molecule has 0 bridgehead atoms. The summed E-state index contributed by atoms with van der Waals surface area (Å²) in [7, 11) is 1.53. The fourth-order valence-corrected chi connectivity index (χ4v) is 2.27. The van der Waals surface area contributed by atoms with Crippen molar-refractivity contribution >= 4 is 11.9 Å². The van der Waals surface area contributed by atoms with Crippen molar-refractivity contribution in [1.29, 1.82) is 0 Å². The van der Waals surface area contributed by atoms with E-state index in [1.165, 1.54) is 12.0 Å². The molecule has 1 aliphatic rings. The van der Waals surface area contributed by atoms with Gasteiger partial charge < -0.3 is 14.7 Å². The van der Waals surface area contributed by atoms with E-state index in [0.29, 0.717) is 25.5 Å². The summed E-state index contributed by atoms with van der Waals surface area (Å²) in [5, 5.41) is 9.17. The molecule has 0 spiro atoms. The summed E-state index contributed by atoms with van der Waals surface area (Å²) < 4.78 is 4.85. The molecule has 1 fully saturated rings. The van der Waals surface area contributed by atoms with Gasteiger partial charge in [-0.15, -0.1) is 0 Å². The fourth-order valence-electron chi connectivity index (χ4n) is 2.27. The van der Waals surface area contributed by atoms with Crippen molar-refractivity contribution < 1.29 is 19.4 Å². The highest BCUT2D eigenvalue weighted by Gasteiger charge is 2.35. The standard InChI is InChI=1S/C12H21NO4/c1-3-9-4-6-13(10(8-9)12(15)16)11(14)5-7-17-2/h9-10H,3-8H2,1-2H3,(H,15,16). The van der Waals surface area contributed by atoms with Crippen molar-refractivity contribution in [2.24, 2.45) is 5.92 Å². The Hall–Kier alpha value is -1.10. The van der Waals surface area contributed by atoms with E-state index in [2.05, 4.69) is 6.92 Å².